The zero-order chi connectivity index (χ0) is 24.1. The molecule has 9 heteroatoms. The van der Waals surface area contributed by atoms with Gasteiger partial charge in [0.05, 0.1) is 17.6 Å². The van der Waals surface area contributed by atoms with Gasteiger partial charge in [0.15, 0.2) is 0 Å². The molecule has 4 rings (SSSR count). The third kappa shape index (κ3) is 5.50. The number of hydrogen-bond donors (Lipinski definition) is 2. The molecule has 0 aliphatic rings. The molecule has 2 N–H and O–H groups in total. The fraction of sp³-hybridized carbons (Fsp3) is 0.120. The molecule has 0 unspecified atom stereocenters. The van der Waals surface area contributed by atoms with Gasteiger partial charge in [-0.05, 0) is 29.8 Å². The summed E-state index contributed by atoms with van der Waals surface area (Å²) >= 11 is 0. The van der Waals surface area contributed by atoms with Gasteiger partial charge in [0.25, 0.3) is 6.43 Å². The van der Waals surface area contributed by atoms with Gasteiger partial charge in [0, 0.05) is 54.6 Å². The van der Waals surface area contributed by atoms with Crippen molar-refractivity contribution in [3.8, 4) is 11.1 Å². The van der Waals surface area contributed by atoms with E-state index in [9.17, 15) is 8.78 Å². The molecule has 1 aromatic carbocycles. The van der Waals surface area contributed by atoms with Crippen LogP contribution in [0.25, 0.3) is 11.1 Å². The number of allylic oxidation sites excluding steroid dienone is 1. The van der Waals surface area contributed by atoms with Gasteiger partial charge in [-0.1, -0.05) is 31.4 Å². The van der Waals surface area contributed by atoms with Gasteiger partial charge in [-0.2, -0.15) is 5.10 Å². The van der Waals surface area contributed by atoms with Gasteiger partial charge in [-0.15, -0.1) is 0 Å². The van der Waals surface area contributed by atoms with Crippen LogP contribution in [0.3, 0.4) is 0 Å². The SMILES string of the molecule is C=CC(=C)Nc1cccc(Cc2nc(Nc3cnn(C)c3)ncc2-c2ccc(C(F)F)nc2)c1. The van der Waals surface area contributed by atoms with E-state index in [1.807, 2.05) is 37.5 Å². The van der Waals surface area contributed by atoms with E-state index in [1.165, 1.54) is 12.3 Å². The molecule has 0 amide bonds. The van der Waals surface area contributed by atoms with Crippen LogP contribution in [0, 0.1) is 0 Å². The lowest BCUT2D eigenvalue weighted by Gasteiger charge is -2.13. The van der Waals surface area contributed by atoms with Crippen molar-refractivity contribution in [3.63, 3.8) is 0 Å². The summed E-state index contributed by atoms with van der Waals surface area (Å²) in [5.74, 6) is 0.401. The number of aromatic nitrogens is 5. The predicted octanol–water partition coefficient (Wildman–Crippen LogP) is 5.66. The second-order valence-corrected chi connectivity index (χ2v) is 7.59. The van der Waals surface area contributed by atoms with Gasteiger partial charge < -0.3 is 10.6 Å². The Morgan fingerprint density at radius 2 is 1.97 bits per heavy atom. The molecule has 0 saturated heterocycles. The molecular formula is C25H23F2N7. The third-order valence-corrected chi connectivity index (χ3v) is 5.00. The molecule has 3 heterocycles. The monoisotopic (exact) mass is 459 g/mol. The summed E-state index contributed by atoms with van der Waals surface area (Å²) in [6.07, 6.45) is 6.06. The molecule has 0 aliphatic heterocycles. The summed E-state index contributed by atoms with van der Waals surface area (Å²) in [5, 5.41) is 10.5. The second-order valence-electron chi connectivity index (χ2n) is 7.59. The Morgan fingerprint density at radius 3 is 2.65 bits per heavy atom. The molecule has 0 spiro atoms. The number of alkyl halides is 2. The molecule has 0 bridgehead atoms. The molecule has 0 atom stereocenters. The fourth-order valence-corrected chi connectivity index (χ4v) is 3.35. The van der Waals surface area contributed by atoms with E-state index in [2.05, 4.69) is 38.9 Å². The highest BCUT2D eigenvalue weighted by Crippen LogP contribution is 2.27. The first kappa shape index (κ1) is 22.8. The molecule has 7 nitrogen and oxygen atoms in total. The van der Waals surface area contributed by atoms with Crippen LogP contribution in [-0.2, 0) is 13.5 Å². The van der Waals surface area contributed by atoms with Crippen molar-refractivity contribution in [2.24, 2.45) is 7.05 Å². The fourth-order valence-electron chi connectivity index (χ4n) is 3.35. The van der Waals surface area contributed by atoms with Crippen molar-refractivity contribution in [1.29, 1.82) is 0 Å². The number of benzene rings is 1. The van der Waals surface area contributed by atoms with Crippen LogP contribution in [0.2, 0.25) is 0 Å². The number of hydrogen-bond acceptors (Lipinski definition) is 6. The number of nitrogens with one attached hydrogen (secondary N) is 2. The number of aryl methyl sites for hydroxylation is 1. The largest absolute Gasteiger partial charge is 0.356 e. The molecule has 172 valence electrons. The Bertz CT molecular complexity index is 1310. The van der Waals surface area contributed by atoms with Crippen molar-refractivity contribution >= 4 is 17.3 Å². The first-order valence-corrected chi connectivity index (χ1v) is 10.4. The summed E-state index contributed by atoms with van der Waals surface area (Å²) in [5.41, 5.74) is 5.10. The maximum atomic E-state index is 13.0. The minimum absolute atomic E-state index is 0.276. The molecular weight excluding hydrogens is 436 g/mol. The van der Waals surface area contributed by atoms with Crippen molar-refractivity contribution in [2.75, 3.05) is 10.6 Å². The lowest BCUT2D eigenvalue weighted by Crippen LogP contribution is -2.04. The number of nitrogens with zero attached hydrogens (tertiary/aromatic N) is 5. The van der Waals surface area contributed by atoms with E-state index < -0.39 is 6.43 Å². The Balaban J connectivity index is 1.69. The average Bonchev–Trinajstić information content (AvgIpc) is 3.24. The molecule has 0 fully saturated rings. The molecule has 34 heavy (non-hydrogen) atoms. The highest BCUT2D eigenvalue weighted by atomic mass is 19.3. The number of anilines is 3. The predicted molar refractivity (Wildman–Crippen MR) is 129 cm³/mol. The maximum absolute atomic E-state index is 13.0. The smallest absolute Gasteiger partial charge is 0.280 e. The van der Waals surface area contributed by atoms with Crippen LogP contribution in [-0.4, -0.2) is 24.7 Å². The van der Waals surface area contributed by atoms with Crippen LogP contribution in [0.1, 0.15) is 23.4 Å². The summed E-state index contributed by atoms with van der Waals surface area (Å²) < 4.78 is 27.6. The zero-order valence-electron chi connectivity index (χ0n) is 18.5. The van der Waals surface area contributed by atoms with Crippen molar-refractivity contribution < 1.29 is 8.78 Å². The van der Waals surface area contributed by atoms with Gasteiger partial charge in [-0.3, -0.25) is 9.67 Å². The van der Waals surface area contributed by atoms with Gasteiger partial charge >= 0.3 is 0 Å². The van der Waals surface area contributed by atoms with Crippen LogP contribution >= 0.6 is 0 Å². The summed E-state index contributed by atoms with van der Waals surface area (Å²) in [6, 6.07) is 10.8. The highest BCUT2D eigenvalue weighted by Gasteiger charge is 2.14. The van der Waals surface area contributed by atoms with E-state index in [1.54, 1.807) is 29.2 Å². The Hall–Kier alpha value is -4.40. The molecule has 4 aromatic rings. The Kier molecular flexibility index (Phi) is 6.72. The van der Waals surface area contributed by atoms with Crippen molar-refractivity contribution in [1.82, 2.24) is 24.7 Å². The van der Waals surface area contributed by atoms with Gasteiger partial charge in [-0.25, -0.2) is 18.7 Å². The Morgan fingerprint density at radius 1 is 1.12 bits per heavy atom. The zero-order valence-corrected chi connectivity index (χ0v) is 18.5. The summed E-state index contributed by atoms with van der Waals surface area (Å²) in [7, 11) is 1.82. The van der Waals surface area contributed by atoms with Crippen LogP contribution in [0.4, 0.5) is 26.1 Å². The number of pyridine rings is 1. The first-order chi connectivity index (χ1) is 16.4. The minimum atomic E-state index is -2.63. The number of halogens is 2. The topological polar surface area (TPSA) is 80.5 Å². The minimum Gasteiger partial charge on any atom is -0.356 e. The van der Waals surface area contributed by atoms with Gasteiger partial charge in [0.2, 0.25) is 5.95 Å². The van der Waals surface area contributed by atoms with Crippen LogP contribution in [0.5, 0.6) is 0 Å². The first-order valence-electron chi connectivity index (χ1n) is 10.4. The lowest BCUT2D eigenvalue weighted by molar-refractivity contribution is 0.146. The van der Waals surface area contributed by atoms with Crippen LogP contribution < -0.4 is 10.6 Å². The van der Waals surface area contributed by atoms with Crippen molar-refractivity contribution in [2.45, 2.75) is 12.8 Å². The normalized spacial score (nSPS) is 10.8. The van der Waals surface area contributed by atoms with E-state index >= 15 is 0 Å². The second kappa shape index (κ2) is 10.0. The van der Waals surface area contributed by atoms with Crippen LogP contribution in [0.15, 0.2) is 86.1 Å². The van der Waals surface area contributed by atoms with E-state index in [0.717, 1.165) is 16.9 Å². The van der Waals surface area contributed by atoms with E-state index in [-0.39, 0.29) is 5.69 Å². The molecule has 3 aromatic heterocycles. The van der Waals surface area contributed by atoms with Gasteiger partial charge in [0.1, 0.15) is 5.69 Å². The number of rotatable bonds is 9. The molecule has 0 saturated carbocycles. The lowest BCUT2D eigenvalue weighted by atomic mass is 10.0. The van der Waals surface area contributed by atoms with Crippen molar-refractivity contribution in [3.05, 3.63) is 103 Å². The standard InChI is InChI=1S/C25H23F2N7/c1-4-16(2)31-19-7-5-6-17(10-19)11-23-21(18-8-9-22(24(26)27)28-12-18)14-29-25(33-23)32-20-13-30-34(3)15-20/h4-10,12-15,24,31H,1-2,11H2,3H3,(H,29,32,33). The Labute approximate surface area is 195 Å². The van der Waals surface area contributed by atoms with E-state index in [4.69, 9.17) is 4.98 Å². The van der Waals surface area contributed by atoms with E-state index in [0.29, 0.717) is 34.9 Å². The molecule has 0 radical (unpaired) electrons. The highest BCUT2D eigenvalue weighted by molar-refractivity contribution is 5.66. The average molecular weight is 460 g/mol. The summed E-state index contributed by atoms with van der Waals surface area (Å²) in [4.78, 5) is 13.0. The maximum Gasteiger partial charge on any atom is 0.280 e. The third-order valence-electron chi connectivity index (χ3n) is 5.00. The molecule has 0 aliphatic carbocycles. The summed E-state index contributed by atoms with van der Waals surface area (Å²) in [6.45, 7) is 7.59. The quantitative estimate of drug-likeness (QED) is 0.315.